The van der Waals surface area contributed by atoms with E-state index < -0.39 is 11.8 Å². The predicted molar refractivity (Wildman–Crippen MR) is 90.8 cm³/mol. The first-order valence-corrected chi connectivity index (χ1v) is 7.93. The van der Waals surface area contributed by atoms with Crippen molar-refractivity contribution in [2.24, 2.45) is 0 Å². The van der Waals surface area contributed by atoms with Crippen LogP contribution in [0.3, 0.4) is 0 Å². The summed E-state index contributed by atoms with van der Waals surface area (Å²) in [6, 6.07) is 10.9. The van der Waals surface area contributed by atoms with E-state index >= 15 is 0 Å². The zero-order valence-electron chi connectivity index (χ0n) is 14.1. The van der Waals surface area contributed by atoms with Crippen LogP contribution in [0.1, 0.15) is 72.1 Å². The van der Waals surface area contributed by atoms with Crippen LogP contribution in [0.5, 0.6) is 0 Å². The van der Waals surface area contributed by atoms with Crippen molar-refractivity contribution < 1.29 is 14.3 Å². The van der Waals surface area contributed by atoms with Gasteiger partial charge in [-0.15, -0.1) is 0 Å². The summed E-state index contributed by atoms with van der Waals surface area (Å²) in [6.07, 6.45) is 0.594. The van der Waals surface area contributed by atoms with E-state index in [9.17, 15) is 9.18 Å². The second kappa shape index (κ2) is 6.95. The molecule has 0 unspecified atom stereocenters. The lowest BCUT2D eigenvalue weighted by molar-refractivity contribution is 0.0692. The Morgan fingerprint density at radius 1 is 0.957 bits per heavy atom. The second-order valence-corrected chi connectivity index (χ2v) is 6.61. The Morgan fingerprint density at radius 3 is 1.96 bits per heavy atom. The number of carboxylic acids is 1. The normalized spacial score (nSPS) is 11.3. The third-order valence-corrected chi connectivity index (χ3v) is 4.04. The highest BCUT2D eigenvalue weighted by Crippen LogP contribution is 2.25. The lowest BCUT2D eigenvalue weighted by atomic mass is 9.91. The zero-order chi connectivity index (χ0) is 17.1. The van der Waals surface area contributed by atoms with Gasteiger partial charge in [0.2, 0.25) is 0 Å². The monoisotopic (exact) mass is 314 g/mol. The van der Waals surface area contributed by atoms with Crippen molar-refractivity contribution in [2.75, 3.05) is 0 Å². The molecule has 2 rings (SSSR count). The molecule has 0 radical (unpaired) electrons. The van der Waals surface area contributed by atoms with Crippen LogP contribution < -0.4 is 0 Å². The Balaban J connectivity index is 2.36. The summed E-state index contributed by atoms with van der Waals surface area (Å²) >= 11 is 0. The first kappa shape index (κ1) is 17.2. The van der Waals surface area contributed by atoms with Crippen LogP contribution in [-0.2, 0) is 6.42 Å². The van der Waals surface area contributed by atoms with Gasteiger partial charge in [0.1, 0.15) is 5.82 Å². The summed E-state index contributed by atoms with van der Waals surface area (Å²) in [5, 5.41) is 8.90. The highest BCUT2D eigenvalue weighted by molar-refractivity contribution is 5.87. The Bertz CT molecular complexity index is 691. The summed E-state index contributed by atoms with van der Waals surface area (Å²) in [5.74, 6) is -1.06. The number of carbonyl (C=O) groups is 1. The second-order valence-electron chi connectivity index (χ2n) is 6.61. The van der Waals surface area contributed by atoms with Gasteiger partial charge in [-0.3, -0.25) is 0 Å². The van der Waals surface area contributed by atoms with Crippen LogP contribution in [0.2, 0.25) is 0 Å². The molecule has 2 nitrogen and oxygen atoms in total. The van der Waals surface area contributed by atoms with Crippen molar-refractivity contribution >= 4 is 5.97 Å². The largest absolute Gasteiger partial charge is 0.478 e. The van der Waals surface area contributed by atoms with E-state index in [0.717, 1.165) is 11.1 Å². The molecule has 0 amide bonds. The van der Waals surface area contributed by atoms with Crippen molar-refractivity contribution in [3.63, 3.8) is 0 Å². The van der Waals surface area contributed by atoms with E-state index in [2.05, 4.69) is 45.9 Å². The summed E-state index contributed by atoms with van der Waals surface area (Å²) in [6.45, 7) is 8.63. The van der Waals surface area contributed by atoms with E-state index in [1.54, 1.807) is 6.07 Å². The quantitative estimate of drug-likeness (QED) is 0.806. The Hall–Kier alpha value is -2.16. The topological polar surface area (TPSA) is 37.3 Å². The zero-order valence-corrected chi connectivity index (χ0v) is 14.1. The van der Waals surface area contributed by atoms with Crippen LogP contribution in [0, 0.1) is 5.82 Å². The molecule has 0 aliphatic heterocycles. The smallest absolute Gasteiger partial charge is 0.338 e. The van der Waals surface area contributed by atoms with Crippen molar-refractivity contribution in [1.29, 1.82) is 0 Å². The van der Waals surface area contributed by atoms with Crippen LogP contribution in [0.25, 0.3) is 0 Å². The van der Waals surface area contributed by atoms with Gasteiger partial charge in [0.25, 0.3) is 0 Å². The molecule has 3 heteroatoms. The van der Waals surface area contributed by atoms with Crippen LogP contribution in [-0.4, -0.2) is 11.1 Å². The van der Waals surface area contributed by atoms with Crippen LogP contribution >= 0.6 is 0 Å². The third kappa shape index (κ3) is 4.19. The van der Waals surface area contributed by atoms with E-state index in [4.69, 9.17) is 5.11 Å². The summed E-state index contributed by atoms with van der Waals surface area (Å²) < 4.78 is 13.8. The van der Waals surface area contributed by atoms with Crippen molar-refractivity contribution in [3.05, 3.63) is 70.0 Å². The molecular weight excluding hydrogens is 291 g/mol. The molecule has 0 saturated heterocycles. The average molecular weight is 314 g/mol. The fourth-order valence-electron chi connectivity index (χ4n) is 2.59. The van der Waals surface area contributed by atoms with Crippen LogP contribution in [0.15, 0.2) is 36.4 Å². The van der Waals surface area contributed by atoms with Gasteiger partial charge in [-0.2, -0.15) is 0 Å². The van der Waals surface area contributed by atoms with E-state index in [1.807, 2.05) is 0 Å². The highest BCUT2D eigenvalue weighted by atomic mass is 19.1. The Morgan fingerprint density at radius 2 is 1.52 bits per heavy atom. The molecule has 2 aromatic rings. The maximum atomic E-state index is 13.8. The number of benzene rings is 2. The maximum absolute atomic E-state index is 13.8. The third-order valence-electron chi connectivity index (χ3n) is 4.04. The number of rotatable bonds is 5. The minimum Gasteiger partial charge on any atom is -0.478 e. The average Bonchev–Trinajstić information content (AvgIpc) is 2.46. The molecule has 23 heavy (non-hydrogen) atoms. The van der Waals surface area contributed by atoms with Gasteiger partial charge in [0, 0.05) is 0 Å². The predicted octanol–water partition coefficient (Wildman–Crippen LogP) is 5.36. The molecule has 0 aliphatic rings. The fraction of sp³-hybridized carbons (Fsp3) is 0.350. The van der Waals surface area contributed by atoms with Gasteiger partial charge >= 0.3 is 5.97 Å². The van der Waals surface area contributed by atoms with Gasteiger partial charge in [0.15, 0.2) is 0 Å². The SMILES string of the molecule is CC(C)c1cc(Cc2ccc(C(=O)O)c(F)c2)cc(C(C)C)c1. The van der Waals surface area contributed by atoms with Gasteiger partial charge in [-0.1, -0.05) is 52.0 Å². The number of hydrogen-bond acceptors (Lipinski definition) is 1. The summed E-state index contributed by atoms with van der Waals surface area (Å²) in [7, 11) is 0. The van der Waals surface area contributed by atoms with Gasteiger partial charge in [0.05, 0.1) is 5.56 Å². The van der Waals surface area contributed by atoms with Gasteiger partial charge in [-0.25, -0.2) is 9.18 Å². The molecule has 0 spiro atoms. The molecule has 2 aromatic carbocycles. The van der Waals surface area contributed by atoms with Crippen molar-refractivity contribution in [1.82, 2.24) is 0 Å². The molecule has 0 aliphatic carbocycles. The fourth-order valence-corrected chi connectivity index (χ4v) is 2.59. The molecule has 0 aromatic heterocycles. The maximum Gasteiger partial charge on any atom is 0.338 e. The Labute approximate surface area is 137 Å². The van der Waals surface area contributed by atoms with Crippen molar-refractivity contribution in [2.45, 2.75) is 46.0 Å². The van der Waals surface area contributed by atoms with E-state index in [-0.39, 0.29) is 5.56 Å². The Kier molecular flexibility index (Phi) is 5.19. The number of hydrogen-bond donors (Lipinski definition) is 1. The van der Waals surface area contributed by atoms with Crippen LogP contribution in [0.4, 0.5) is 4.39 Å². The minimum atomic E-state index is -1.24. The van der Waals surface area contributed by atoms with Gasteiger partial charge < -0.3 is 5.11 Å². The van der Waals surface area contributed by atoms with E-state index in [0.29, 0.717) is 18.3 Å². The van der Waals surface area contributed by atoms with Crippen molar-refractivity contribution in [3.8, 4) is 0 Å². The molecule has 0 bridgehead atoms. The van der Waals surface area contributed by atoms with E-state index in [1.165, 1.54) is 23.3 Å². The molecule has 0 heterocycles. The highest BCUT2D eigenvalue weighted by Gasteiger charge is 2.12. The molecular formula is C20H23FO2. The van der Waals surface area contributed by atoms with Gasteiger partial charge in [-0.05, 0) is 52.6 Å². The number of aromatic carboxylic acids is 1. The summed E-state index contributed by atoms with van der Waals surface area (Å²) in [4.78, 5) is 10.9. The number of halogens is 1. The molecule has 0 saturated carbocycles. The standard InChI is InChI=1S/C20H23FO2/c1-12(2)16-8-15(9-17(11-16)13(3)4)7-14-5-6-18(20(22)23)19(21)10-14/h5-6,8-13H,7H2,1-4H3,(H,22,23). The molecule has 0 fully saturated rings. The molecule has 122 valence electrons. The summed E-state index contributed by atoms with van der Waals surface area (Å²) in [5.41, 5.74) is 4.17. The lowest BCUT2D eigenvalue weighted by Gasteiger charge is -2.14. The first-order chi connectivity index (χ1) is 10.8. The lowest BCUT2D eigenvalue weighted by Crippen LogP contribution is -2.02. The first-order valence-electron chi connectivity index (χ1n) is 7.93. The number of carboxylic acid groups (broad SMARTS) is 1. The minimum absolute atomic E-state index is 0.285. The molecule has 0 atom stereocenters. The molecule has 1 N–H and O–H groups in total.